The lowest BCUT2D eigenvalue weighted by molar-refractivity contribution is -0.384. The van der Waals surface area contributed by atoms with Crippen LogP contribution in [0.1, 0.15) is 5.76 Å². The molecule has 0 saturated heterocycles. The number of halogens is 1. The number of nitrogens with zero attached hydrogens (tertiary/aromatic N) is 4. The molecule has 3 aromatic rings. The molecule has 0 atom stereocenters. The lowest BCUT2D eigenvalue weighted by Gasteiger charge is -2.06. The molecule has 0 radical (unpaired) electrons. The Morgan fingerprint density at radius 1 is 1.41 bits per heavy atom. The minimum atomic E-state index is -0.754. The monoisotopic (exact) mass is 391 g/mol. The van der Waals surface area contributed by atoms with Crippen LogP contribution >= 0.6 is 11.8 Å². The van der Waals surface area contributed by atoms with E-state index >= 15 is 0 Å². The zero-order chi connectivity index (χ0) is 19.6. The molecule has 2 heterocycles. The average molecular weight is 391 g/mol. The van der Waals surface area contributed by atoms with Crippen molar-refractivity contribution in [3.8, 4) is 11.4 Å². The van der Waals surface area contributed by atoms with Crippen LogP contribution in [-0.2, 0) is 11.8 Å². The van der Waals surface area contributed by atoms with E-state index in [1.807, 2.05) is 0 Å². The number of amides is 1. The van der Waals surface area contributed by atoms with Crippen molar-refractivity contribution in [2.75, 3.05) is 11.1 Å². The molecule has 0 unspecified atom stereocenters. The van der Waals surface area contributed by atoms with E-state index in [1.54, 1.807) is 30.9 Å². The molecular weight excluding hydrogens is 377 g/mol. The van der Waals surface area contributed by atoms with Gasteiger partial charge in [-0.2, -0.15) is 0 Å². The Hall–Kier alpha value is -3.21. The number of thioether (sulfide) groups is 1. The lowest BCUT2D eigenvalue weighted by Crippen LogP contribution is -2.15. The number of aromatic nitrogens is 3. The van der Waals surface area contributed by atoms with Crippen LogP contribution in [0, 0.1) is 22.9 Å². The summed E-state index contributed by atoms with van der Waals surface area (Å²) in [6.07, 6.45) is 1.55. The van der Waals surface area contributed by atoms with Gasteiger partial charge in [-0.25, -0.2) is 4.39 Å². The van der Waals surface area contributed by atoms with Gasteiger partial charge >= 0.3 is 0 Å². The van der Waals surface area contributed by atoms with Crippen LogP contribution < -0.4 is 5.32 Å². The topological polar surface area (TPSA) is 116 Å². The number of carbonyl (C=O) groups is 1. The van der Waals surface area contributed by atoms with E-state index in [-0.39, 0.29) is 17.1 Å². The van der Waals surface area contributed by atoms with E-state index in [2.05, 4.69) is 15.5 Å². The minimum absolute atomic E-state index is 0.0710. The van der Waals surface area contributed by atoms with Gasteiger partial charge in [0.2, 0.25) is 5.91 Å². The third-order valence-corrected chi connectivity index (χ3v) is 4.72. The number of nitro benzene ring substituents is 1. The van der Waals surface area contributed by atoms with Crippen molar-refractivity contribution in [2.24, 2.45) is 7.05 Å². The highest BCUT2D eigenvalue weighted by molar-refractivity contribution is 7.99. The fourth-order valence-electron chi connectivity index (χ4n) is 2.33. The van der Waals surface area contributed by atoms with E-state index in [0.717, 1.165) is 35.5 Å². The molecule has 3 rings (SSSR count). The number of carbonyl (C=O) groups excluding carboxylic acids is 1. The van der Waals surface area contributed by atoms with Crippen molar-refractivity contribution in [3.05, 3.63) is 52.2 Å². The van der Waals surface area contributed by atoms with Gasteiger partial charge in [0, 0.05) is 19.2 Å². The molecule has 2 aromatic heterocycles. The third kappa shape index (κ3) is 3.97. The Morgan fingerprint density at radius 2 is 2.19 bits per heavy atom. The molecule has 140 valence electrons. The predicted octanol–water partition coefficient (Wildman–Crippen LogP) is 3.16. The van der Waals surface area contributed by atoms with E-state index < -0.39 is 16.6 Å². The van der Waals surface area contributed by atoms with Crippen molar-refractivity contribution < 1.29 is 18.5 Å². The van der Waals surface area contributed by atoms with Crippen LogP contribution in [0.2, 0.25) is 0 Å². The first kappa shape index (κ1) is 18.6. The maximum Gasteiger partial charge on any atom is 0.271 e. The average Bonchev–Trinajstić information content (AvgIpc) is 3.20. The van der Waals surface area contributed by atoms with Gasteiger partial charge in [-0.3, -0.25) is 14.9 Å². The summed E-state index contributed by atoms with van der Waals surface area (Å²) in [6, 6.07) is 4.70. The first-order chi connectivity index (χ1) is 12.9. The molecule has 0 bridgehead atoms. The summed E-state index contributed by atoms with van der Waals surface area (Å²) in [5.41, 5.74) is 0.232. The Morgan fingerprint density at radius 3 is 2.85 bits per heavy atom. The smallest absolute Gasteiger partial charge is 0.271 e. The largest absolute Gasteiger partial charge is 0.469 e. The molecule has 27 heavy (non-hydrogen) atoms. The van der Waals surface area contributed by atoms with Crippen LogP contribution in [0.3, 0.4) is 0 Å². The Balaban J connectivity index is 1.67. The van der Waals surface area contributed by atoms with Crippen LogP contribution in [-0.4, -0.2) is 31.3 Å². The maximum absolute atomic E-state index is 13.7. The summed E-state index contributed by atoms with van der Waals surface area (Å²) in [5.74, 6) is -0.0630. The highest BCUT2D eigenvalue weighted by Crippen LogP contribution is 2.26. The molecule has 0 fully saturated rings. The number of nitrogens with one attached hydrogen (secondary N) is 1. The number of nitro groups is 1. The zero-order valence-corrected chi connectivity index (χ0v) is 15.1. The maximum atomic E-state index is 13.7. The summed E-state index contributed by atoms with van der Waals surface area (Å²) < 4.78 is 20.7. The van der Waals surface area contributed by atoms with Crippen molar-refractivity contribution in [3.63, 3.8) is 0 Å². The second-order valence-corrected chi connectivity index (χ2v) is 6.46. The number of non-ortho nitro benzene ring substituents is 1. The van der Waals surface area contributed by atoms with Crippen LogP contribution in [0.15, 0.2) is 40.1 Å². The SMILES string of the molecule is Cc1occc1-c1nnc(SCC(=O)Nc2cc([N+](=O)[O-])ccc2F)n1C. The van der Waals surface area contributed by atoms with Gasteiger partial charge in [0.1, 0.15) is 11.6 Å². The van der Waals surface area contributed by atoms with Gasteiger partial charge in [-0.15, -0.1) is 10.2 Å². The van der Waals surface area contributed by atoms with Crippen LogP contribution in [0.4, 0.5) is 15.8 Å². The lowest BCUT2D eigenvalue weighted by atomic mass is 10.2. The van der Waals surface area contributed by atoms with Crippen molar-refractivity contribution in [1.29, 1.82) is 0 Å². The summed E-state index contributed by atoms with van der Waals surface area (Å²) in [6.45, 7) is 1.80. The third-order valence-electron chi connectivity index (χ3n) is 3.70. The quantitative estimate of drug-likeness (QED) is 0.390. The van der Waals surface area contributed by atoms with E-state index in [9.17, 15) is 19.3 Å². The van der Waals surface area contributed by atoms with Crippen LogP contribution in [0.25, 0.3) is 11.4 Å². The van der Waals surface area contributed by atoms with Gasteiger partial charge < -0.3 is 14.3 Å². The Labute approximate surface area is 156 Å². The molecule has 11 heteroatoms. The summed E-state index contributed by atoms with van der Waals surface area (Å²) >= 11 is 1.11. The molecule has 0 saturated carbocycles. The summed E-state index contributed by atoms with van der Waals surface area (Å²) in [5, 5.41) is 21.7. The highest BCUT2D eigenvalue weighted by atomic mass is 32.2. The van der Waals surface area contributed by atoms with Crippen molar-refractivity contribution in [1.82, 2.24) is 14.8 Å². The molecule has 0 aliphatic heterocycles. The second-order valence-electron chi connectivity index (χ2n) is 5.51. The Bertz CT molecular complexity index is 1020. The Kier molecular flexibility index (Phi) is 5.21. The number of anilines is 1. The predicted molar refractivity (Wildman–Crippen MR) is 95.9 cm³/mol. The fraction of sp³-hybridized carbons (Fsp3) is 0.188. The van der Waals surface area contributed by atoms with Gasteiger partial charge in [-0.05, 0) is 19.1 Å². The van der Waals surface area contributed by atoms with Gasteiger partial charge in [-0.1, -0.05) is 11.8 Å². The van der Waals surface area contributed by atoms with E-state index in [0.29, 0.717) is 16.7 Å². The molecule has 1 amide bonds. The number of benzene rings is 1. The molecule has 1 aromatic carbocycles. The molecule has 9 nitrogen and oxygen atoms in total. The number of hydrogen-bond acceptors (Lipinski definition) is 7. The first-order valence-electron chi connectivity index (χ1n) is 7.67. The fourth-order valence-corrected chi connectivity index (χ4v) is 3.04. The van der Waals surface area contributed by atoms with Gasteiger partial charge in [0.25, 0.3) is 5.69 Å². The van der Waals surface area contributed by atoms with Crippen molar-refractivity contribution >= 4 is 29.0 Å². The van der Waals surface area contributed by atoms with Gasteiger partial charge in [0.05, 0.1) is 28.2 Å². The molecule has 0 aliphatic carbocycles. The molecule has 1 N–H and O–H groups in total. The highest BCUT2D eigenvalue weighted by Gasteiger charge is 2.17. The van der Waals surface area contributed by atoms with E-state index in [4.69, 9.17) is 4.42 Å². The normalized spacial score (nSPS) is 10.8. The zero-order valence-electron chi connectivity index (χ0n) is 14.3. The molecular formula is C16H14FN5O4S. The summed E-state index contributed by atoms with van der Waals surface area (Å²) in [7, 11) is 1.75. The minimum Gasteiger partial charge on any atom is -0.469 e. The number of furan rings is 1. The standard InChI is InChI=1S/C16H14FN5O4S/c1-9-11(5-6-26-9)15-19-20-16(21(15)2)27-8-14(23)18-13-7-10(22(24)25)3-4-12(13)17/h3-7H,8H2,1-2H3,(H,18,23). The number of aryl methyl sites for hydroxylation is 1. The first-order valence-corrected chi connectivity index (χ1v) is 8.66. The molecule has 0 aliphatic rings. The second kappa shape index (κ2) is 7.58. The number of hydrogen-bond donors (Lipinski definition) is 1. The van der Waals surface area contributed by atoms with E-state index in [1.165, 1.54) is 0 Å². The van der Waals surface area contributed by atoms with Crippen LogP contribution in [0.5, 0.6) is 0 Å². The summed E-state index contributed by atoms with van der Waals surface area (Å²) in [4.78, 5) is 22.2. The molecule has 0 spiro atoms. The van der Waals surface area contributed by atoms with Gasteiger partial charge in [0.15, 0.2) is 11.0 Å². The number of rotatable bonds is 6. The van der Waals surface area contributed by atoms with Crippen molar-refractivity contribution in [2.45, 2.75) is 12.1 Å².